The van der Waals surface area contributed by atoms with Crippen molar-refractivity contribution in [2.75, 3.05) is 43.9 Å². The van der Waals surface area contributed by atoms with Gasteiger partial charge in [-0.25, -0.2) is 4.39 Å². The second-order valence-electron chi connectivity index (χ2n) is 7.77. The smallest absolute Gasteiger partial charge is 0.234 e. The van der Waals surface area contributed by atoms with Gasteiger partial charge in [-0.2, -0.15) is 0 Å². The third-order valence-corrected chi connectivity index (χ3v) is 6.53. The van der Waals surface area contributed by atoms with E-state index in [2.05, 4.69) is 27.3 Å². The van der Waals surface area contributed by atoms with Crippen molar-refractivity contribution in [2.24, 2.45) is 0 Å². The molecule has 0 saturated carbocycles. The summed E-state index contributed by atoms with van der Waals surface area (Å²) in [6, 6.07) is 14.1. The fourth-order valence-electron chi connectivity index (χ4n) is 3.74. The Bertz CT molecular complexity index is 1070. The zero-order chi connectivity index (χ0) is 23.0. The maximum atomic E-state index is 13.4. The molecule has 33 heavy (non-hydrogen) atoms. The maximum Gasteiger partial charge on any atom is 0.234 e. The lowest BCUT2D eigenvalue weighted by molar-refractivity contribution is -0.113. The minimum atomic E-state index is -0.295. The molecule has 7 nitrogen and oxygen atoms in total. The molecule has 9 heteroatoms. The van der Waals surface area contributed by atoms with Gasteiger partial charge < -0.3 is 14.6 Å². The zero-order valence-corrected chi connectivity index (χ0v) is 19.5. The van der Waals surface area contributed by atoms with Crippen molar-refractivity contribution in [1.29, 1.82) is 0 Å². The number of morpholine rings is 1. The molecule has 1 aliphatic heterocycles. The molecule has 4 rings (SSSR count). The van der Waals surface area contributed by atoms with E-state index in [0.717, 1.165) is 56.1 Å². The van der Waals surface area contributed by atoms with E-state index < -0.39 is 0 Å². The van der Waals surface area contributed by atoms with Gasteiger partial charge in [0.2, 0.25) is 5.91 Å². The number of amides is 1. The number of benzene rings is 2. The van der Waals surface area contributed by atoms with Gasteiger partial charge >= 0.3 is 0 Å². The summed E-state index contributed by atoms with van der Waals surface area (Å²) in [5.74, 6) is 0.503. The van der Waals surface area contributed by atoms with E-state index >= 15 is 0 Å². The molecule has 3 aromatic rings. The van der Waals surface area contributed by atoms with Crippen LogP contribution in [0.3, 0.4) is 0 Å². The predicted octanol–water partition coefficient (Wildman–Crippen LogP) is 3.71. The van der Waals surface area contributed by atoms with Crippen molar-refractivity contribution >= 4 is 23.4 Å². The van der Waals surface area contributed by atoms with Crippen molar-refractivity contribution in [3.63, 3.8) is 0 Å². The molecule has 1 N–H and O–H groups in total. The van der Waals surface area contributed by atoms with Gasteiger partial charge in [-0.15, -0.1) is 10.2 Å². The molecule has 0 radical (unpaired) electrons. The van der Waals surface area contributed by atoms with Gasteiger partial charge in [0.15, 0.2) is 11.0 Å². The van der Waals surface area contributed by atoms with Crippen molar-refractivity contribution < 1.29 is 13.9 Å². The van der Waals surface area contributed by atoms with Crippen molar-refractivity contribution in [2.45, 2.75) is 25.0 Å². The molecular weight excluding hydrogens is 441 g/mol. The fourth-order valence-corrected chi connectivity index (χ4v) is 4.51. The van der Waals surface area contributed by atoms with Crippen molar-refractivity contribution in [3.05, 3.63) is 59.9 Å². The highest BCUT2D eigenvalue weighted by Gasteiger charge is 2.18. The summed E-state index contributed by atoms with van der Waals surface area (Å²) < 4.78 is 20.9. The van der Waals surface area contributed by atoms with Gasteiger partial charge in [-0.1, -0.05) is 36.9 Å². The van der Waals surface area contributed by atoms with Crippen molar-refractivity contribution in [1.82, 2.24) is 19.7 Å². The Labute approximate surface area is 197 Å². The van der Waals surface area contributed by atoms with E-state index in [1.54, 1.807) is 12.1 Å². The minimum Gasteiger partial charge on any atom is -0.379 e. The fraction of sp³-hybridized carbons (Fsp3) is 0.375. The molecular formula is C24H28FN5O2S. The van der Waals surface area contributed by atoms with Crippen LogP contribution in [0.1, 0.15) is 12.5 Å². The number of anilines is 1. The van der Waals surface area contributed by atoms with Crippen molar-refractivity contribution in [3.8, 4) is 11.4 Å². The first kappa shape index (κ1) is 23.4. The normalized spacial score (nSPS) is 14.4. The number of nitrogens with one attached hydrogen (secondary N) is 1. The van der Waals surface area contributed by atoms with E-state index in [-0.39, 0.29) is 17.5 Å². The van der Waals surface area contributed by atoms with E-state index in [1.807, 2.05) is 28.8 Å². The average Bonchev–Trinajstić information content (AvgIpc) is 3.25. The summed E-state index contributed by atoms with van der Waals surface area (Å²) in [5.41, 5.74) is 2.73. The second kappa shape index (κ2) is 11.4. The molecule has 174 valence electrons. The molecule has 0 unspecified atom stereocenters. The third-order valence-electron chi connectivity index (χ3n) is 5.57. The molecule has 1 amide bonds. The number of aryl methyl sites for hydroxylation is 1. The SMILES string of the molecule is CCc1ccccc1NC(=O)CSc1nnc(-c2ccc(F)cc2)n1CCN1CCOCC1. The molecule has 0 bridgehead atoms. The number of hydrogen-bond acceptors (Lipinski definition) is 6. The number of rotatable bonds is 9. The van der Waals surface area contributed by atoms with E-state index in [4.69, 9.17) is 4.74 Å². The zero-order valence-electron chi connectivity index (χ0n) is 18.7. The maximum absolute atomic E-state index is 13.4. The van der Waals surface area contributed by atoms with Gasteiger partial charge in [0, 0.05) is 37.4 Å². The average molecular weight is 470 g/mol. The Kier molecular flexibility index (Phi) is 8.09. The first-order valence-corrected chi connectivity index (χ1v) is 12.1. The number of nitrogens with zero attached hydrogens (tertiary/aromatic N) is 4. The number of carbonyl (C=O) groups excluding carboxylic acids is 1. The Morgan fingerprint density at radius 2 is 1.85 bits per heavy atom. The Hall–Kier alpha value is -2.75. The van der Waals surface area contributed by atoms with Crippen LogP contribution in [0, 0.1) is 5.82 Å². The number of thioether (sulfide) groups is 1. The van der Waals surface area contributed by atoms with E-state index in [9.17, 15) is 9.18 Å². The second-order valence-corrected chi connectivity index (χ2v) is 8.71. The highest BCUT2D eigenvalue weighted by molar-refractivity contribution is 7.99. The van der Waals surface area contributed by atoms with Crippen LogP contribution >= 0.6 is 11.8 Å². The Balaban J connectivity index is 1.47. The third kappa shape index (κ3) is 6.19. The molecule has 1 aliphatic rings. The van der Waals surface area contributed by atoms with Crippen LogP contribution in [0.15, 0.2) is 53.7 Å². The lowest BCUT2D eigenvalue weighted by Gasteiger charge is -2.27. The van der Waals surface area contributed by atoms with Crippen LogP contribution in [-0.2, 0) is 22.5 Å². The van der Waals surface area contributed by atoms with Gasteiger partial charge in [-0.05, 0) is 42.3 Å². The summed E-state index contributed by atoms with van der Waals surface area (Å²) in [7, 11) is 0. The number of para-hydroxylation sites is 1. The van der Waals surface area contributed by atoms with Gasteiger partial charge in [0.1, 0.15) is 5.82 Å². The van der Waals surface area contributed by atoms with E-state index in [0.29, 0.717) is 17.5 Å². The molecule has 1 saturated heterocycles. The Morgan fingerprint density at radius 1 is 1.09 bits per heavy atom. The predicted molar refractivity (Wildman–Crippen MR) is 128 cm³/mol. The largest absolute Gasteiger partial charge is 0.379 e. The molecule has 1 fully saturated rings. The number of hydrogen-bond donors (Lipinski definition) is 1. The number of halogens is 1. The lowest BCUT2D eigenvalue weighted by atomic mass is 10.1. The van der Waals surface area contributed by atoms with Crippen LogP contribution in [0.25, 0.3) is 11.4 Å². The highest BCUT2D eigenvalue weighted by Crippen LogP contribution is 2.25. The topological polar surface area (TPSA) is 72.3 Å². The summed E-state index contributed by atoms with van der Waals surface area (Å²) in [6.07, 6.45) is 0.848. The Morgan fingerprint density at radius 3 is 2.61 bits per heavy atom. The molecule has 0 aliphatic carbocycles. The van der Waals surface area contributed by atoms with Crippen LogP contribution in [-0.4, -0.2) is 64.2 Å². The summed E-state index contributed by atoms with van der Waals surface area (Å²) in [5, 5.41) is 12.4. The van der Waals surface area contributed by atoms with Gasteiger partial charge in [-0.3, -0.25) is 9.69 Å². The summed E-state index contributed by atoms with van der Waals surface area (Å²) in [6.45, 7) is 6.78. The monoisotopic (exact) mass is 469 g/mol. The van der Waals surface area contributed by atoms with Gasteiger partial charge in [0.25, 0.3) is 0 Å². The highest BCUT2D eigenvalue weighted by atomic mass is 32.2. The van der Waals surface area contributed by atoms with Crippen LogP contribution in [0.2, 0.25) is 0 Å². The standard InChI is InChI=1S/C24H28FN5O2S/c1-2-18-5-3-4-6-21(18)26-22(31)17-33-24-28-27-23(19-7-9-20(25)10-8-19)30(24)12-11-29-13-15-32-16-14-29/h3-10H,2,11-17H2,1H3,(H,26,31). The summed E-state index contributed by atoms with van der Waals surface area (Å²) >= 11 is 1.35. The number of aromatic nitrogens is 3. The molecule has 0 atom stereocenters. The first-order chi connectivity index (χ1) is 16.1. The lowest BCUT2D eigenvalue weighted by Crippen LogP contribution is -2.38. The van der Waals surface area contributed by atoms with Crippen LogP contribution in [0.4, 0.5) is 10.1 Å². The molecule has 1 aromatic heterocycles. The molecule has 0 spiro atoms. The number of carbonyl (C=O) groups is 1. The first-order valence-electron chi connectivity index (χ1n) is 11.1. The molecule has 2 aromatic carbocycles. The minimum absolute atomic E-state index is 0.0908. The molecule has 2 heterocycles. The number of ether oxygens (including phenoxy) is 1. The van der Waals surface area contributed by atoms with Gasteiger partial charge in [0.05, 0.1) is 19.0 Å². The van der Waals surface area contributed by atoms with Crippen LogP contribution in [0.5, 0.6) is 0 Å². The quantitative estimate of drug-likeness (QED) is 0.482. The van der Waals surface area contributed by atoms with E-state index in [1.165, 1.54) is 23.9 Å². The van der Waals surface area contributed by atoms with Crippen LogP contribution < -0.4 is 5.32 Å². The summed E-state index contributed by atoms with van der Waals surface area (Å²) in [4.78, 5) is 15.0.